The summed E-state index contributed by atoms with van der Waals surface area (Å²) in [5.41, 5.74) is 3.22. The summed E-state index contributed by atoms with van der Waals surface area (Å²) in [6.07, 6.45) is 0. The summed E-state index contributed by atoms with van der Waals surface area (Å²) in [5, 5.41) is 2.89. The number of anilines is 1. The molecule has 2 aromatic carbocycles. The van der Waals surface area contributed by atoms with Gasteiger partial charge in [-0.05, 0) is 49.4 Å². The zero-order valence-corrected chi connectivity index (χ0v) is 12.8. The molecule has 1 amide bonds. The second kappa shape index (κ2) is 5.52. The first kappa shape index (κ1) is 14.1. The topological polar surface area (TPSA) is 56.1 Å². The summed E-state index contributed by atoms with van der Waals surface area (Å²) in [6, 6.07) is 12.7. The zero-order valence-electron chi connectivity index (χ0n) is 12.8. The molecule has 0 saturated heterocycles. The van der Waals surface area contributed by atoms with E-state index in [0.29, 0.717) is 5.56 Å². The molecule has 0 unspecified atom stereocenters. The largest absolute Gasteiger partial charge is 0.497 e. The molecule has 5 nitrogen and oxygen atoms in total. The molecular weight excluding hydrogens is 278 g/mol. The van der Waals surface area contributed by atoms with Crippen molar-refractivity contribution in [3.05, 3.63) is 53.9 Å². The number of methoxy groups -OCH3 is 1. The van der Waals surface area contributed by atoms with Crippen LogP contribution in [0.5, 0.6) is 5.75 Å². The number of carbonyl (C=O) groups is 1. The van der Waals surface area contributed by atoms with Crippen LogP contribution in [0.1, 0.15) is 16.2 Å². The minimum Gasteiger partial charge on any atom is -0.497 e. The summed E-state index contributed by atoms with van der Waals surface area (Å²) in [5.74, 6) is 1.50. The molecule has 3 aromatic rings. The number of hydrogen-bond acceptors (Lipinski definition) is 3. The first-order chi connectivity index (χ1) is 10.6. The normalized spacial score (nSPS) is 10.7. The van der Waals surface area contributed by atoms with E-state index in [1.807, 2.05) is 36.7 Å². The molecule has 5 heteroatoms. The van der Waals surface area contributed by atoms with Crippen LogP contribution >= 0.6 is 0 Å². The predicted octanol–water partition coefficient (Wildman–Crippen LogP) is 3.14. The maximum Gasteiger partial charge on any atom is 0.255 e. The number of rotatable bonds is 3. The molecule has 0 atom stereocenters. The van der Waals surface area contributed by atoms with Crippen LogP contribution in [-0.4, -0.2) is 22.6 Å². The van der Waals surface area contributed by atoms with Gasteiger partial charge in [-0.3, -0.25) is 4.79 Å². The van der Waals surface area contributed by atoms with Gasteiger partial charge in [0.2, 0.25) is 0 Å². The molecule has 1 aromatic heterocycles. The summed E-state index contributed by atoms with van der Waals surface area (Å²) in [7, 11) is 3.57. The summed E-state index contributed by atoms with van der Waals surface area (Å²) in [4.78, 5) is 16.7. The second-order valence-electron chi connectivity index (χ2n) is 5.10. The Kier molecular flexibility index (Phi) is 3.55. The van der Waals surface area contributed by atoms with Crippen molar-refractivity contribution >= 4 is 22.6 Å². The molecule has 0 spiro atoms. The number of nitrogens with one attached hydrogen (secondary N) is 1. The van der Waals surface area contributed by atoms with Gasteiger partial charge in [-0.25, -0.2) is 4.98 Å². The van der Waals surface area contributed by atoms with E-state index in [1.165, 1.54) is 0 Å². The Morgan fingerprint density at radius 2 is 1.91 bits per heavy atom. The Morgan fingerprint density at radius 1 is 1.18 bits per heavy atom. The number of benzene rings is 2. The van der Waals surface area contributed by atoms with Crippen LogP contribution < -0.4 is 10.1 Å². The maximum absolute atomic E-state index is 12.2. The van der Waals surface area contributed by atoms with E-state index in [2.05, 4.69) is 10.3 Å². The fourth-order valence-electron chi connectivity index (χ4n) is 2.34. The number of hydrogen-bond donors (Lipinski definition) is 1. The minimum atomic E-state index is -0.158. The highest BCUT2D eigenvalue weighted by Crippen LogP contribution is 2.20. The van der Waals surface area contributed by atoms with E-state index in [9.17, 15) is 4.79 Å². The van der Waals surface area contributed by atoms with Gasteiger partial charge in [0.1, 0.15) is 11.6 Å². The number of aromatic nitrogens is 2. The number of fused-ring (bicyclic) bond motifs is 1. The molecule has 0 bridgehead atoms. The van der Waals surface area contributed by atoms with Crippen molar-refractivity contribution in [2.45, 2.75) is 6.92 Å². The SMILES string of the molecule is COc1ccc(C(=O)Nc2ccc3c(c2)nc(C)n3C)cc1. The Morgan fingerprint density at radius 3 is 2.59 bits per heavy atom. The highest BCUT2D eigenvalue weighted by molar-refractivity contribution is 6.05. The van der Waals surface area contributed by atoms with Gasteiger partial charge in [-0.15, -0.1) is 0 Å². The number of carbonyl (C=O) groups excluding carboxylic acids is 1. The lowest BCUT2D eigenvalue weighted by atomic mass is 10.2. The third-order valence-corrected chi connectivity index (χ3v) is 3.71. The first-order valence-electron chi connectivity index (χ1n) is 6.97. The van der Waals surface area contributed by atoms with E-state index in [0.717, 1.165) is 28.3 Å². The third-order valence-electron chi connectivity index (χ3n) is 3.71. The predicted molar refractivity (Wildman–Crippen MR) is 86.4 cm³/mol. The highest BCUT2D eigenvalue weighted by Gasteiger charge is 2.09. The van der Waals surface area contributed by atoms with Gasteiger partial charge < -0.3 is 14.6 Å². The molecule has 112 valence electrons. The first-order valence-corrected chi connectivity index (χ1v) is 6.97. The van der Waals surface area contributed by atoms with Gasteiger partial charge in [-0.1, -0.05) is 0 Å². The van der Waals surface area contributed by atoms with E-state index in [1.54, 1.807) is 31.4 Å². The molecule has 22 heavy (non-hydrogen) atoms. The number of nitrogens with zero attached hydrogens (tertiary/aromatic N) is 2. The van der Waals surface area contributed by atoms with Crippen molar-refractivity contribution in [2.75, 3.05) is 12.4 Å². The fraction of sp³-hybridized carbons (Fsp3) is 0.176. The average molecular weight is 295 g/mol. The summed E-state index contributed by atoms with van der Waals surface area (Å²) >= 11 is 0. The molecule has 0 aliphatic heterocycles. The van der Waals surface area contributed by atoms with Crippen molar-refractivity contribution < 1.29 is 9.53 Å². The van der Waals surface area contributed by atoms with Crippen molar-refractivity contribution in [3.63, 3.8) is 0 Å². The van der Waals surface area contributed by atoms with Crippen LogP contribution in [0, 0.1) is 6.92 Å². The fourth-order valence-corrected chi connectivity index (χ4v) is 2.34. The van der Waals surface area contributed by atoms with Gasteiger partial charge in [0.05, 0.1) is 18.1 Å². The monoisotopic (exact) mass is 295 g/mol. The lowest BCUT2D eigenvalue weighted by Crippen LogP contribution is -2.11. The van der Waals surface area contributed by atoms with Crippen LogP contribution in [0.3, 0.4) is 0 Å². The van der Waals surface area contributed by atoms with Gasteiger partial charge in [0, 0.05) is 18.3 Å². The molecular formula is C17H17N3O2. The third kappa shape index (κ3) is 2.53. The van der Waals surface area contributed by atoms with E-state index in [4.69, 9.17) is 4.74 Å². The van der Waals surface area contributed by atoms with E-state index in [-0.39, 0.29) is 5.91 Å². The number of imidazole rings is 1. The second-order valence-corrected chi connectivity index (χ2v) is 5.10. The minimum absolute atomic E-state index is 0.158. The molecule has 1 heterocycles. The van der Waals surface area contributed by atoms with Crippen molar-refractivity contribution in [3.8, 4) is 5.75 Å². The van der Waals surface area contributed by atoms with Crippen molar-refractivity contribution in [1.82, 2.24) is 9.55 Å². The van der Waals surface area contributed by atoms with Crippen molar-refractivity contribution in [1.29, 1.82) is 0 Å². The average Bonchev–Trinajstić information content (AvgIpc) is 2.81. The van der Waals surface area contributed by atoms with Crippen LogP contribution in [0.4, 0.5) is 5.69 Å². The Hall–Kier alpha value is -2.82. The molecule has 1 N–H and O–H groups in total. The zero-order chi connectivity index (χ0) is 15.7. The van der Waals surface area contributed by atoms with Gasteiger partial charge in [0.15, 0.2) is 0 Å². The number of aryl methyl sites for hydroxylation is 2. The molecule has 0 fully saturated rings. The van der Waals surface area contributed by atoms with E-state index < -0.39 is 0 Å². The molecule has 0 aliphatic carbocycles. The quantitative estimate of drug-likeness (QED) is 0.807. The summed E-state index contributed by atoms with van der Waals surface area (Å²) in [6.45, 7) is 1.95. The standard InChI is InChI=1S/C17H17N3O2/c1-11-18-15-10-13(6-9-16(15)20(11)2)19-17(21)12-4-7-14(22-3)8-5-12/h4-10H,1-3H3,(H,19,21). The number of amides is 1. The Labute approximate surface area is 128 Å². The molecule has 3 rings (SSSR count). The van der Waals surface area contributed by atoms with Gasteiger partial charge in [-0.2, -0.15) is 0 Å². The van der Waals surface area contributed by atoms with Crippen LogP contribution in [0.25, 0.3) is 11.0 Å². The molecule has 0 saturated carbocycles. The Bertz CT molecular complexity index is 835. The Balaban J connectivity index is 1.83. The summed E-state index contributed by atoms with van der Waals surface area (Å²) < 4.78 is 7.10. The lowest BCUT2D eigenvalue weighted by molar-refractivity contribution is 0.102. The maximum atomic E-state index is 12.2. The van der Waals surface area contributed by atoms with Gasteiger partial charge >= 0.3 is 0 Å². The van der Waals surface area contributed by atoms with Gasteiger partial charge in [0.25, 0.3) is 5.91 Å². The highest BCUT2D eigenvalue weighted by atomic mass is 16.5. The van der Waals surface area contributed by atoms with Crippen LogP contribution in [-0.2, 0) is 7.05 Å². The molecule has 0 radical (unpaired) electrons. The van der Waals surface area contributed by atoms with E-state index >= 15 is 0 Å². The van der Waals surface area contributed by atoms with Crippen LogP contribution in [0.15, 0.2) is 42.5 Å². The van der Waals surface area contributed by atoms with Crippen LogP contribution in [0.2, 0.25) is 0 Å². The lowest BCUT2D eigenvalue weighted by Gasteiger charge is -2.06. The number of ether oxygens (including phenoxy) is 1. The van der Waals surface area contributed by atoms with Crippen molar-refractivity contribution in [2.24, 2.45) is 7.05 Å². The molecule has 0 aliphatic rings. The smallest absolute Gasteiger partial charge is 0.255 e.